The van der Waals surface area contributed by atoms with E-state index in [0.29, 0.717) is 10.0 Å². The van der Waals surface area contributed by atoms with Crippen LogP contribution in [0, 0.1) is 0 Å². The Balaban J connectivity index is 2.98. The van der Waals surface area contributed by atoms with Gasteiger partial charge >= 0.3 is 5.97 Å². The maximum atomic E-state index is 11.0. The Labute approximate surface area is 110 Å². The second-order valence-corrected chi connectivity index (χ2v) is 4.29. The maximum absolute atomic E-state index is 11.0. The highest BCUT2D eigenvalue weighted by Crippen LogP contribution is 2.33. The summed E-state index contributed by atoms with van der Waals surface area (Å²) in [7, 11) is 0. The monoisotopic (exact) mass is 364 g/mol. The number of esters is 1. The molecule has 0 radical (unpaired) electrons. The minimum Gasteiger partial charge on any atom is -0.424 e. The first-order valence-electron chi connectivity index (χ1n) is 3.45. The van der Waals surface area contributed by atoms with E-state index in [9.17, 15) is 4.79 Å². The average Bonchev–Trinajstić information content (AvgIpc) is 2.14. The molecule has 0 spiro atoms. The zero-order chi connectivity index (χ0) is 10.7. The zero-order valence-electron chi connectivity index (χ0n) is 6.69. The van der Waals surface area contributed by atoms with Crippen LogP contribution >= 0.6 is 57.4 Å². The average molecular weight is 365 g/mol. The van der Waals surface area contributed by atoms with E-state index in [1.54, 1.807) is 0 Å². The van der Waals surface area contributed by atoms with Crippen LogP contribution in [0.2, 0.25) is 15.1 Å². The van der Waals surface area contributed by atoms with Gasteiger partial charge in [-0.15, -0.1) is 0 Å². The predicted molar refractivity (Wildman–Crippen MR) is 66.0 cm³/mol. The standard InChI is InChI=1S/C8H4Cl3IO2/c9-4-1-6(11)7(2-5(4)10)14-8(13)3-12/h1-2H,3H2. The first-order valence-corrected chi connectivity index (χ1v) is 6.11. The number of benzene rings is 1. The Hall–Kier alpha value is 0.290. The van der Waals surface area contributed by atoms with E-state index < -0.39 is 0 Å². The molecule has 1 rings (SSSR count). The van der Waals surface area contributed by atoms with Gasteiger partial charge in [-0.2, -0.15) is 0 Å². The number of hydrogen-bond acceptors (Lipinski definition) is 2. The third-order valence-corrected chi connectivity index (χ3v) is 2.95. The van der Waals surface area contributed by atoms with Crippen LogP contribution in [0.1, 0.15) is 0 Å². The molecule has 0 aromatic heterocycles. The van der Waals surface area contributed by atoms with Crippen LogP contribution in [-0.2, 0) is 4.79 Å². The Bertz CT molecular complexity index is 368. The van der Waals surface area contributed by atoms with E-state index in [1.807, 2.05) is 22.6 Å². The molecule has 0 aliphatic carbocycles. The molecule has 0 fully saturated rings. The molecule has 0 atom stereocenters. The van der Waals surface area contributed by atoms with Gasteiger partial charge in [-0.1, -0.05) is 57.4 Å². The number of rotatable bonds is 2. The molecule has 0 saturated carbocycles. The fourth-order valence-electron chi connectivity index (χ4n) is 0.732. The van der Waals surface area contributed by atoms with Crippen molar-refractivity contribution >= 4 is 63.4 Å². The van der Waals surface area contributed by atoms with Crippen LogP contribution < -0.4 is 4.74 Å². The topological polar surface area (TPSA) is 26.3 Å². The lowest BCUT2D eigenvalue weighted by molar-refractivity contribution is -0.131. The number of halogens is 4. The summed E-state index contributed by atoms with van der Waals surface area (Å²) in [6, 6.07) is 2.84. The third-order valence-electron chi connectivity index (χ3n) is 1.31. The van der Waals surface area contributed by atoms with Crippen LogP contribution in [0.4, 0.5) is 0 Å². The van der Waals surface area contributed by atoms with E-state index in [1.165, 1.54) is 12.1 Å². The SMILES string of the molecule is O=C(CI)Oc1cc(Cl)c(Cl)cc1Cl. The molecular weight excluding hydrogens is 361 g/mol. The fraction of sp³-hybridized carbons (Fsp3) is 0.125. The van der Waals surface area contributed by atoms with E-state index in [2.05, 4.69) is 0 Å². The summed E-state index contributed by atoms with van der Waals surface area (Å²) in [5.41, 5.74) is 0. The van der Waals surface area contributed by atoms with Gasteiger partial charge in [0.25, 0.3) is 0 Å². The maximum Gasteiger partial charge on any atom is 0.321 e. The lowest BCUT2D eigenvalue weighted by Gasteiger charge is -2.05. The summed E-state index contributed by atoms with van der Waals surface area (Å²) in [4.78, 5) is 11.0. The van der Waals surface area contributed by atoms with Crippen molar-refractivity contribution in [3.8, 4) is 5.75 Å². The first-order chi connectivity index (χ1) is 6.54. The molecule has 1 aromatic rings. The van der Waals surface area contributed by atoms with Crippen molar-refractivity contribution in [1.29, 1.82) is 0 Å². The Kier molecular flexibility index (Phi) is 4.76. The summed E-state index contributed by atoms with van der Waals surface area (Å²) < 4.78 is 5.15. The Morgan fingerprint density at radius 1 is 1.21 bits per heavy atom. The normalized spacial score (nSPS) is 10.0. The van der Waals surface area contributed by atoms with Crippen LogP contribution in [0.15, 0.2) is 12.1 Å². The van der Waals surface area contributed by atoms with E-state index in [0.717, 1.165) is 0 Å². The molecule has 0 aliphatic rings. The minimum atomic E-state index is -0.383. The summed E-state index contributed by atoms with van der Waals surface area (Å²) in [5, 5.41) is 0.885. The summed E-state index contributed by atoms with van der Waals surface area (Å²) in [5.74, 6) is -0.159. The van der Waals surface area contributed by atoms with Gasteiger partial charge < -0.3 is 4.74 Å². The van der Waals surface area contributed by atoms with Gasteiger partial charge in [0.15, 0.2) is 5.75 Å². The highest BCUT2D eigenvalue weighted by molar-refractivity contribution is 14.1. The molecule has 0 saturated heterocycles. The van der Waals surface area contributed by atoms with Gasteiger partial charge in [0, 0.05) is 6.07 Å². The first kappa shape index (κ1) is 12.4. The van der Waals surface area contributed by atoms with Crippen molar-refractivity contribution in [3.63, 3.8) is 0 Å². The molecular formula is C8H4Cl3IO2. The smallest absolute Gasteiger partial charge is 0.321 e. The van der Waals surface area contributed by atoms with Crippen molar-refractivity contribution in [2.75, 3.05) is 4.43 Å². The number of carbonyl (C=O) groups is 1. The predicted octanol–water partition coefficient (Wildman–Crippen LogP) is 3.99. The van der Waals surface area contributed by atoms with Crippen molar-refractivity contribution in [2.45, 2.75) is 0 Å². The molecule has 0 bridgehead atoms. The van der Waals surface area contributed by atoms with Gasteiger partial charge in [-0.05, 0) is 6.07 Å². The second kappa shape index (κ2) is 5.39. The highest BCUT2D eigenvalue weighted by Gasteiger charge is 2.10. The Morgan fingerprint density at radius 3 is 2.36 bits per heavy atom. The number of carbonyl (C=O) groups excluding carboxylic acids is 1. The van der Waals surface area contributed by atoms with Crippen molar-refractivity contribution in [1.82, 2.24) is 0 Å². The highest BCUT2D eigenvalue weighted by atomic mass is 127. The quantitative estimate of drug-likeness (QED) is 0.260. The third kappa shape index (κ3) is 3.15. The molecule has 0 amide bonds. The number of alkyl halides is 1. The lowest BCUT2D eigenvalue weighted by Crippen LogP contribution is -2.08. The van der Waals surface area contributed by atoms with Crippen LogP contribution in [-0.4, -0.2) is 10.4 Å². The summed E-state index contributed by atoms with van der Waals surface area (Å²) in [6.45, 7) is 0. The molecule has 2 nitrogen and oxygen atoms in total. The van der Waals surface area contributed by atoms with Gasteiger partial charge in [-0.3, -0.25) is 4.79 Å². The largest absolute Gasteiger partial charge is 0.424 e. The lowest BCUT2D eigenvalue weighted by atomic mass is 10.3. The molecule has 1 aromatic carbocycles. The van der Waals surface area contributed by atoms with Gasteiger partial charge in [-0.25, -0.2) is 0 Å². The van der Waals surface area contributed by atoms with E-state index in [-0.39, 0.29) is 21.2 Å². The molecule has 0 aliphatic heterocycles. The second-order valence-electron chi connectivity index (χ2n) is 2.30. The molecule has 0 N–H and O–H groups in total. The Morgan fingerprint density at radius 2 is 1.79 bits per heavy atom. The fourth-order valence-corrected chi connectivity index (χ4v) is 1.46. The summed E-state index contributed by atoms with van der Waals surface area (Å²) >= 11 is 19.1. The zero-order valence-corrected chi connectivity index (χ0v) is 11.1. The summed E-state index contributed by atoms with van der Waals surface area (Å²) in [6.07, 6.45) is 0. The molecule has 0 unspecified atom stereocenters. The number of ether oxygens (including phenoxy) is 1. The van der Waals surface area contributed by atoms with Gasteiger partial charge in [0.05, 0.1) is 19.5 Å². The van der Waals surface area contributed by atoms with Crippen molar-refractivity contribution < 1.29 is 9.53 Å². The van der Waals surface area contributed by atoms with Crippen LogP contribution in [0.25, 0.3) is 0 Å². The van der Waals surface area contributed by atoms with Crippen molar-refractivity contribution in [2.24, 2.45) is 0 Å². The van der Waals surface area contributed by atoms with E-state index >= 15 is 0 Å². The van der Waals surface area contributed by atoms with Crippen LogP contribution in [0.3, 0.4) is 0 Å². The molecule has 6 heteroatoms. The van der Waals surface area contributed by atoms with Crippen LogP contribution in [0.5, 0.6) is 5.75 Å². The van der Waals surface area contributed by atoms with Crippen molar-refractivity contribution in [3.05, 3.63) is 27.2 Å². The van der Waals surface area contributed by atoms with Gasteiger partial charge in [0.2, 0.25) is 0 Å². The number of hydrogen-bond donors (Lipinski definition) is 0. The molecule has 14 heavy (non-hydrogen) atoms. The van der Waals surface area contributed by atoms with Gasteiger partial charge in [0.1, 0.15) is 0 Å². The molecule has 0 heterocycles. The van der Waals surface area contributed by atoms with E-state index in [4.69, 9.17) is 39.5 Å². The molecule has 76 valence electrons. The minimum absolute atomic E-state index is 0.225.